The van der Waals surface area contributed by atoms with Crippen LogP contribution in [0.1, 0.15) is 58.9 Å². The lowest BCUT2D eigenvalue weighted by Gasteiger charge is -2.65. The molecule has 5 bridgehead atoms. The van der Waals surface area contributed by atoms with E-state index in [-0.39, 0.29) is 18.3 Å². The molecule has 0 amide bonds. The van der Waals surface area contributed by atoms with Gasteiger partial charge in [0.15, 0.2) is 0 Å². The molecule has 1 aromatic heterocycles. The van der Waals surface area contributed by atoms with E-state index in [0.29, 0.717) is 5.41 Å². The van der Waals surface area contributed by atoms with Crippen LogP contribution in [0.4, 0.5) is 0 Å². The summed E-state index contributed by atoms with van der Waals surface area (Å²) in [5.74, 6) is 5.04. The van der Waals surface area contributed by atoms with E-state index in [1.807, 2.05) is 0 Å². The van der Waals surface area contributed by atoms with E-state index in [0.717, 1.165) is 40.5 Å². The molecule has 13 rings (SSSR count). The van der Waals surface area contributed by atoms with Gasteiger partial charge in [0.25, 0.3) is 0 Å². The van der Waals surface area contributed by atoms with Crippen LogP contribution in [0.15, 0.2) is 91.0 Å². The summed E-state index contributed by atoms with van der Waals surface area (Å²) in [4.78, 5) is 0. The van der Waals surface area contributed by atoms with E-state index < -0.39 is 0 Å². The molecular weight excluding hydrogens is 549 g/mol. The van der Waals surface area contributed by atoms with Crippen LogP contribution >= 0.6 is 0 Å². The predicted octanol–water partition coefficient (Wildman–Crippen LogP) is 8.68. The number of nitrogens with zero attached hydrogens (tertiary/aromatic N) is 1. The summed E-state index contributed by atoms with van der Waals surface area (Å²) in [6.45, 7) is 8.56. The first-order valence-corrected chi connectivity index (χ1v) is 17.3. The van der Waals surface area contributed by atoms with Gasteiger partial charge in [-0.25, -0.2) is 0 Å². The first-order valence-electron chi connectivity index (χ1n) is 17.3. The normalized spacial score (nSPS) is 35.7. The van der Waals surface area contributed by atoms with Gasteiger partial charge in [-0.2, -0.15) is 0 Å². The maximum atomic E-state index is 6.54. The third kappa shape index (κ3) is 2.99. The van der Waals surface area contributed by atoms with Crippen molar-refractivity contribution in [3.05, 3.63) is 96.6 Å². The van der Waals surface area contributed by atoms with Crippen LogP contribution in [0, 0.1) is 35.0 Å². The van der Waals surface area contributed by atoms with Gasteiger partial charge in [0.1, 0.15) is 0 Å². The molecule has 4 aromatic carbocycles. The fourth-order valence-corrected chi connectivity index (χ4v) is 12.1. The second-order valence-corrected chi connectivity index (χ2v) is 16.6. The Balaban J connectivity index is 1.08. The fraction of sp³-hybridized carbons (Fsp3) is 0.415. The Morgan fingerprint density at radius 3 is 2.13 bits per heavy atom. The summed E-state index contributed by atoms with van der Waals surface area (Å²) in [6, 6.07) is 34.2. The van der Waals surface area contributed by atoms with Gasteiger partial charge in [0.05, 0.1) is 22.2 Å². The zero-order valence-corrected chi connectivity index (χ0v) is 26.7. The monoisotopic (exact) mass is 589 g/mol. The highest BCUT2D eigenvalue weighted by molar-refractivity contribution is 6.62. The Hall–Kier alpha value is -3.34. The molecule has 3 nitrogen and oxygen atoms in total. The van der Waals surface area contributed by atoms with Crippen LogP contribution < -0.4 is 5.46 Å². The third-order valence-corrected chi connectivity index (χ3v) is 14.3. The van der Waals surface area contributed by atoms with Crippen molar-refractivity contribution in [3.63, 3.8) is 0 Å². The summed E-state index contributed by atoms with van der Waals surface area (Å²) in [6.07, 6.45) is 5.93. The second kappa shape index (κ2) is 7.96. The number of fused-ring (bicyclic) bond motifs is 3. The van der Waals surface area contributed by atoms with Crippen molar-refractivity contribution in [3.8, 4) is 16.8 Å². The molecule has 7 saturated carbocycles. The highest BCUT2D eigenvalue weighted by Gasteiger charge is 2.92. The molecule has 1 aliphatic heterocycles. The molecule has 5 aromatic rings. The van der Waals surface area contributed by atoms with Gasteiger partial charge in [-0.1, -0.05) is 60.7 Å². The summed E-state index contributed by atoms with van der Waals surface area (Å²) < 4.78 is 15.5. The summed E-state index contributed by atoms with van der Waals surface area (Å²) in [5, 5.41) is 2.67. The molecule has 0 radical (unpaired) electrons. The second-order valence-electron chi connectivity index (χ2n) is 16.6. The summed E-state index contributed by atoms with van der Waals surface area (Å²) >= 11 is 0. The van der Waals surface area contributed by atoms with E-state index in [9.17, 15) is 0 Å². The molecule has 1 saturated heterocycles. The van der Waals surface area contributed by atoms with Crippen molar-refractivity contribution >= 4 is 34.4 Å². The summed E-state index contributed by atoms with van der Waals surface area (Å²) in [7, 11) is -0.371. The lowest BCUT2D eigenvalue weighted by atomic mass is 9.39. The van der Waals surface area contributed by atoms with Gasteiger partial charge in [0, 0.05) is 16.5 Å². The standard InChI is InChI=1S/C41H40BNO2/c1-38(2)39(3,4)45-42(44-38)28-13-17-35-31(20-28)30-19-27(40-21-24-18-32-36-33(23-40)41(36,22-24)37(32)40)12-16-34(30)43(35)29-14-10-26(11-15-29)25-8-6-5-7-9-25/h5-17,19-20,24,32-33,36-37H,18,21-23H2,1-4H3. The van der Waals surface area contributed by atoms with Gasteiger partial charge in [-0.15, -0.1) is 0 Å². The van der Waals surface area contributed by atoms with E-state index in [2.05, 4.69) is 123 Å². The quantitative estimate of drug-likeness (QED) is 0.196. The van der Waals surface area contributed by atoms with Crippen LogP contribution in [-0.2, 0) is 14.7 Å². The van der Waals surface area contributed by atoms with Crippen molar-refractivity contribution in [1.82, 2.24) is 4.57 Å². The van der Waals surface area contributed by atoms with Crippen LogP contribution in [-0.4, -0.2) is 22.9 Å². The van der Waals surface area contributed by atoms with Gasteiger partial charge >= 0.3 is 7.12 Å². The van der Waals surface area contributed by atoms with Crippen molar-refractivity contribution < 1.29 is 9.31 Å². The number of rotatable bonds is 4. The van der Waals surface area contributed by atoms with Gasteiger partial charge in [-0.05, 0) is 146 Å². The third-order valence-electron chi connectivity index (χ3n) is 14.3. The topological polar surface area (TPSA) is 23.4 Å². The van der Waals surface area contributed by atoms with E-state index >= 15 is 0 Å². The largest absolute Gasteiger partial charge is 0.494 e. The average Bonchev–Trinajstić information content (AvgIpc) is 3.22. The number of aromatic nitrogens is 1. The predicted molar refractivity (Wildman–Crippen MR) is 182 cm³/mol. The zero-order valence-electron chi connectivity index (χ0n) is 26.7. The molecule has 8 aliphatic rings. The minimum Gasteiger partial charge on any atom is -0.399 e. The molecule has 45 heavy (non-hydrogen) atoms. The molecular formula is C41H40BNO2. The van der Waals surface area contributed by atoms with Crippen molar-refractivity contribution in [1.29, 1.82) is 0 Å². The average molecular weight is 590 g/mol. The van der Waals surface area contributed by atoms with Gasteiger partial charge in [0.2, 0.25) is 0 Å². The number of hydrogen-bond acceptors (Lipinski definition) is 2. The van der Waals surface area contributed by atoms with Crippen molar-refractivity contribution in [2.75, 3.05) is 0 Å². The minimum atomic E-state index is -0.371. The maximum absolute atomic E-state index is 6.54. The molecule has 1 spiro atoms. The fourth-order valence-electron chi connectivity index (χ4n) is 12.1. The molecule has 0 N–H and O–H groups in total. The van der Waals surface area contributed by atoms with Crippen LogP contribution in [0.25, 0.3) is 38.6 Å². The first-order chi connectivity index (χ1) is 21.7. The zero-order chi connectivity index (χ0) is 30.1. The Kier molecular flexibility index (Phi) is 4.56. The SMILES string of the molecule is CC1(C)OB(c2ccc3c(c2)c2cc(C45CC6CC7C8C(C4)C8(C6)C75)ccc2n3-c2ccc(-c3ccccc3)cc2)OC1(C)C. The molecule has 7 aliphatic carbocycles. The Morgan fingerprint density at radius 1 is 0.711 bits per heavy atom. The van der Waals surface area contributed by atoms with Crippen LogP contribution in [0.2, 0.25) is 0 Å². The number of benzene rings is 4. The Bertz CT molecular complexity index is 2060. The van der Waals surface area contributed by atoms with Crippen molar-refractivity contribution in [2.45, 2.75) is 70.0 Å². The maximum Gasteiger partial charge on any atom is 0.494 e. The molecule has 224 valence electrons. The van der Waals surface area contributed by atoms with Crippen LogP contribution in [0.3, 0.4) is 0 Å². The van der Waals surface area contributed by atoms with E-state index in [1.165, 1.54) is 57.9 Å². The van der Waals surface area contributed by atoms with E-state index in [1.54, 1.807) is 12.0 Å². The molecule has 4 heteroatoms. The van der Waals surface area contributed by atoms with E-state index in [4.69, 9.17) is 9.31 Å². The first kappa shape index (κ1) is 25.8. The lowest BCUT2D eigenvalue weighted by molar-refractivity contribution is -0.130. The Morgan fingerprint density at radius 2 is 1.40 bits per heavy atom. The minimum absolute atomic E-state index is 0.366. The highest BCUT2D eigenvalue weighted by Crippen LogP contribution is 2.96. The number of hydrogen-bond donors (Lipinski definition) is 0. The van der Waals surface area contributed by atoms with Crippen LogP contribution in [0.5, 0.6) is 0 Å². The Labute approximate surface area is 266 Å². The summed E-state index contributed by atoms with van der Waals surface area (Å²) in [5.41, 5.74) is 9.38. The molecule has 7 unspecified atom stereocenters. The molecule has 8 fully saturated rings. The highest BCUT2D eigenvalue weighted by atomic mass is 16.7. The smallest absolute Gasteiger partial charge is 0.399 e. The van der Waals surface area contributed by atoms with Crippen molar-refractivity contribution in [2.24, 2.45) is 35.0 Å². The van der Waals surface area contributed by atoms with Gasteiger partial charge in [-0.3, -0.25) is 0 Å². The molecule has 7 atom stereocenters. The lowest BCUT2D eigenvalue weighted by Crippen LogP contribution is -2.60. The van der Waals surface area contributed by atoms with Gasteiger partial charge < -0.3 is 13.9 Å². The molecule has 2 heterocycles.